The van der Waals surface area contributed by atoms with Crippen molar-refractivity contribution >= 4 is 5.91 Å². The summed E-state index contributed by atoms with van der Waals surface area (Å²) in [4.78, 5) is 12.1. The molecule has 1 amide bonds. The SMILES string of the molecule is CC[C@@H](CNC(=O)C1CCNCC1)Oc1ccccc1C(F)(F)F. The van der Waals surface area contributed by atoms with Crippen LogP contribution in [0.1, 0.15) is 31.7 Å². The number of amides is 1. The number of nitrogens with one attached hydrogen (secondary N) is 2. The van der Waals surface area contributed by atoms with Crippen LogP contribution in [0.2, 0.25) is 0 Å². The molecule has 2 N–H and O–H groups in total. The summed E-state index contributed by atoms with van der Waals surface area (Å²) in [6.07, 6.45) is -2.91. The first kappa shape index (κ1) is 18.6. The molecule has 0 bridgehead atoms. The molecule has 0 radical (unpaired) electrons. The zero-order valence-electron chi connectivity index (χ0n) is 13.7. The van der Waals surface area contributed by atoms with Gasteiger partial charge < -0.3 is 15.4 Å². The van der Waals surface area contributed by atoms with Crippen molar-refractivity contribution < 1.29 is 22.7 Å². The average molecular weight is 344 g/mol. The number of rotatable bonds is 6. The minimum Gasteiger partial charge on any atom is -0.488 e. The second-order valence-electron chi connectivity index (χ2n) is 5.91. The van der Waals surface area contributed by atoms with Gasteiger partial charge in [-0.15, -0.1) is 0 Å². The van der Waals surface area contributed by atoms with Crippen molar-refractivity contribution in [2.24, 2.45) is 5.92 Å². The van der Waals surface area contributed by atoms with E-state index in [2.05, 4.69) is 10.6 Å². The van der Waals surface area contributed by atoms with E-state index in [1.807, 2.05) is 6.92 Å². The van der Waals surface area contributed by atoms with Crippen LogP contribution in [-0.4, -0.2) is 31.6 Å². The second kappa shape index (κ2) is 8.37. The predicted molar refractivity (Wildman–Crippen MR) is 84.8 cm³/mol. The number of carbonyl (C=O) groups excluding carboxylic acids is 1. The molecule has 1 fully saturated rings. The number of piperidine rings is 1. The highest BCUT2D eigenvalue weighted by Crippen LogP contribution is 2.36. The van der Waals surface area contributed by atoms with E-state index >= 15 is 0 Å². The van der Waals surface area contributed by atoms with E-state index in [9.17, 15) is 18.0 Å². The molecule has 1 atom stereocenters. The van der Waals surface area contributed by atoms with E-state index in [0.29, 0.717) is 6.42 Å². The van der Waals surface area contributed by atoms with Gasteiger partial charge >= 0.3 is 6.18 Å². The van der Waals surface area contributed by atoms with Crippen LogP contribution in [0.4, 0.5) is 13.2 Å². The zero-order chi connectivity index (χ0) is 17.6. The van der Waals surface area contributed by atoms with Crippen molar-refractivity contribution in [3.8, 4) is 5.75 Å². The molecule has 1 aromatic carbocycles. The van der Waals surface area contributed by atoms with E-state index in [4.69, 9.17) is 4.74 Å². The Morgan fingerprint density at radius 2 is 2.00 bits per heavy atom. The van der Waals surface area contributed by atoms with Gasteiger partial charge in [0.1, 0.15) is 11.9 Å². The molecule has 134 valence electrons. The number of hydrogen-bond donors (Lipinski definition) is 2. The van der Waals surface area contributed by atoms with Crippen LogP contribution in [0.5, 0.6) is 5.75 Å². The maximum atomic E-state index is 13.0. The molecule has 24 heavy (non-hydrogen) atoms. The Morgan fingerprint density at radius 1 is 1.33 bits per heavy atom. The third-order valence-corrected chi connectivity index (χ3v) is 4.16. The quantitative estimate of drug-likeness (QED) is 0.834. The summed E-state index contributed by atoms with van der Waals surface area (Å²) < 4.78 is 44.5. The summed E-state index contributed by atoms with van der Waals surface area (Å²) in [6, 6.07) is 5.14. The number of carbonyl (C=O) groups is 1. The van der Waals surface area contributed by atoms with E-state index in [1.165, 1.54) is 18.2 Å². The van der Waals surface area contributed by atoms with E-state index in [-0.39, 0.29) is 24.1 Å². The van der Waals surface area contributed by atoms with Crippen molar-refractivity contribution in [2.45, 2.75) is 38.5 Å². The van der Waals surface area contributed by atoms with Crippen molar-refractivity contribution in [3.63, 3.8) is 0 Å². The maximum Gasteiger partial charge on any atom is 0.419 e. The van der Waals surface area contributed by atoms with Gasteiger partial charge in [0.15, 0.2) is 0 Å². The van der Waals surface area contributed by atoms with Gasteiger partial charge in [0.05, 0.1) is 12.1 Å². The predicted octanol–water partition coefficient (Wildman–Crippen LogP) is 2.98. The van der Waals surface area contributed by atoms with Gasteiger partial charge in [-0.05, 0) is 44.5 Å². The van der Waals surface area contributed by atoms with Gasteiger partial charge in [0.25, 0.3) is 0 Å². The molecule has 1 aliphatic heterocycles. The maximum absolute atomic E-state index is 13.0. The molecule has 0 aliphatic carbocycles. The fraction of sp³-hybridized carbons (Fsp3) is 0.588. The summed E-state index contributed by atoms with van der Waals surface area (Å²) in [6.45, 7) is 3.64. The number of ether oxygens (including phenoxy) is 1. The van der Waals surface area contributed by atoms with Crippen LogP contribution in [-0.2, 0) is 11.0 Å². The van der Waals surface area contributed by atoms with Crippen LogP contribution in [0, 0.1) is 5.92 Å². The Balaban J connectivity index is 1.94. The van der Waals surface area contributed by atoms with Crippen LogP contribution in [0.25, 0.3) is 0 Å². The molecular formula is C17H23F3N2O2. The summed E-state index contributed by atoms with van der Waals surface area (Å²) in [7, 11) is 0. The fourth-order valence-electron chi connectivity index (χ4n) is 2.70. The van der Waals surface area contributed by atoms with Crippen molar-refractivity contribution in [2.75, 3.05) is 19.6 Å². The highest BCUT2D eigenvalue weighted by molar-refractivity contribution is 5.78. The van der Waals surface area contributed by atoms with E-state index < -0.39 is 17.8 Å². The Bertz CT molecular complexity index is 543. The van der Waals surface area contributed by atoms with Crippen molar-refractivity contribution in [3.05, 3.63) is 29.8 Å². The Labute approximate surface area is 139 Å². The Kier molecular flexibility index (Phi) is 6.48. The molecule has 4 nitrogen and oxygen atoms in total. The number of alkyl halides is 3. The molecule has 2 rings (SSSR count). The average Bonchev–Trinajstić information content (AvgIpc) is 2.58. The molecule has 1 aliphatic rings. The van der Waals surface area contributed by atoms with Crippen molar-refractivity contribution in [1.82, 2.24) is 10.6 Å². The number of para-hydroxylation sites is 1. The topological polar surface area (TPSA) is 50.4 Å². The Hall–Kier alpha value is -1.76. The fourth-order valence-corrected chi connectivity index (χ4v) is 2.70. The summed E-state index contributed by atoms with van der Waals surface area (Å²) in [5.41, 5.74) is -0.798. The third kappa shape index (κ3) is 5.12. The van der Waals surface area contributed by atoms with Crippen LogP contribution in [0.3, 0.4) is 0 Å². The minimum atomic E-state index is -4.47. The molecule has 1 heterocycles. The molecule has 1 saturated heterocycles. The molecular weight excluding hydrogens is 321 g/mol. The van der Waals surface area contributed by atoms with Gasteiger partial charge in [-0.25, -0.2) is 0 Å². The van der Waals surface area contributed by atoms with Gasteiger partial charge in [-0.2, -0.15) is 13.2 Å². The van der Waals surface area contributed by atoms with Crippen molar-refractivity contribution in [1.29, 1.82) is 0 Å². The lowest BCUT2D eigenvalue weighted by Gasteiger charge is -2.24. The summed E-state index contributed by atoms with van der Waals surface area (Å²) in [5, 5.41) is 6.00. The lowest BCUT2D eigenvalue weighted by Crippen LogP contribution is -2.42. The number of halogens is 3. The first-order valence-corrected chi connectivity index (χ1v) is 8.23. The van der Waals surface area contributed by atoms with Crippen LogP contribution >= 0.6 is 0 Å². The van der Waals surface area contributed by atoms with Gasteiger partial charge in [-0.3, -0.25) is 4.79 Å². The first-order valence-electron chi connectivity index (χ1n) is 8.23. The number of benzene rings is 1. The highest BCUT2D eigenvalue weighted by Gasteiger charge is 2.34. The zero-order valence-corrected chi connectivity index (χ0v) is 13.7. The van der Waals surface area contributed by atoms with Gasteiger partial charge in [0.2, 0.25) is 5.91 Å². The second-order valence-corrected chi connectivity index (χ2v) is 5.91. The Morgan fingerprint density at radius 3 is 2.62 bits per heavy atom. The van der Waals surface area contributed by atoms with E-state index in [1.54, 1.807) is 0 Å². The molecule has 7 heteroatoms. The molecule has 0 saturated carbocycles. The van der Waals surface area contributed by atoms with Gasteiger partial charge in [0, 0.05) is 5.92 Å². The standard InChI is InChI=1S/C17H23F3N2O2/c1-2-13(11-22-16(23)12-7-9-21-10-8-12)24-15-6-4-3-5-14(15)17(18,19)20/h3-6,12-13,21H,2,7-11H2,1H3,(H,22,23)/t13-/m0/s1. The van der Waals surface area contributed by atoms with Gasteiger partial charge in [-0.1, -0.05) is 19.1 Å². The normalized spacial score (nSPS) is 17.3. The lowest BCUT2D eigenvalue weighted by molar-refractivity contribution is -0.139. The third-order valence-electron chi connectivity index (χ3n) is 4.16. The highest BCUT2D eigenvalue weighted by atomic mass is 19.4. The molecule has 0 spiro atoms. The number of hydrogen-bond acceptors (Lipinski definition) is 3. The minimum absolute atomic E-state index is 0.0359. The van der Waals surface area contributed by atoms with Crippen LogP contribution < -0.4 is 15.4 Å². The molecule has 0 aromatic heterocycles. The van der Waals surface area contributed by atoms with E-state index in [0.717, 1.165) is 32.0 Å². The largest absolute Gasteiger partial charge is 0.488 e. The lowest BCUT2D eigenvalue weighted by atomic mass is 9.97. The molecule has 0 unspecified atom stereocenters. The monoisotopic (exact) mass is 344 g/mol. The van der Waals surface area contributed by atoms with Crippen LogP contribution in [0.15, 0.2) is 24.3 Å². The molecule has 1 aromatic rings. The summed E-state index contributed by atoms with van der Waals surface area (Å²) in [5.74, 6) is -0.290. The summed E-state index contributed by atoms with van der Waals surface area (Å²) >= 11 is 0. The smallest absolute Gasteiger partial charge is 0.419 e. The first-order chi connectivity index (χ1) is 11.4.